The third-order valence-electron chi connectivity index (χ3n) is 8.13. The maximum atomic E-state index is 6.21. The third-order valence-corrected chi connectivity index (χ3v) is 8.45. The number of hydrogen-bond acceptors (Lipinski definition) is 4. The highest BCUT2D eigenvalue weighted by molar-refractivity contribution is 6.29. The van der Waals surface area contributed by atoms with E-state index in [2.05, 4.69) is 67.5 Å². The van der Waals surface area contributed by atoms with Crippen LogP contribution in [0, 0.1) is 29.1 Å². The van der Waals surface area contributed by atoms with Crippen LogP contribution < -0.4 is 10.6 Å². The fraction of sp³-hybridized carbons (Fsp3) is 0.793. The smallest absolute Gasteiger partial charge is 0.0496 e. The van der Waals surface area contributed by atoms with Crippen LogP contribution in [0.2, 0.25) is 0 Å². The maximum absolute atomic E-state index is 6.21. The molecule has 0 amide bonds. The van der Waals surface area contributed by atoms with Gasteiger partial charge in [-0.2, -0.15) is 0 Å². The van der Waals surface area contributed by atoms with Gasteiger partial charge in [-0.15, -0.1) is 0 Å². The number of nitrogens with zero attached hydrogens (tertiary/aromatic N) is 1. The molecule has 0 saturated carbocycles. The second kappa shape index (κ2) is 20.1. The summed E-state index contributed by atoms with van der Waals surface area (Å²) in [7, 11) is 1.82. The van der Waals surface area contributed by atoms with Gasteiger partial charge in [0.1, 0.15) is 0 Å². The lowest BCUT2D eigenvalue weighted by molar-refractivity contribution is 0.0601. The van der Waals surface area contributed by atoms with Gasteiger partial charge in [0.05, 0.1) is 0 Å². The lowest BCUT2D eigenvalue weighted by atomic mass is 9.68. The Labute approximate surface area is 237 Å². The van der Waals surface area contributed by atoms with E-state index in [1.54, 1.807) is 5.57 Å². The molecular formula is C29H60ClN3O5. The number of allylic oxidation sites excluding steroid dienone is 6. The topological polar surface area (TPSA) is 163 Å². The van der Waals surface area contributed by atoms with Crippen molar-refractivity contribution in [2.24, 2.45) is 29.1 Å². The average Bonchev–Trinajstić information content (AvgIpc) is 2.77. The minimum absolute atomic E-state index is 0. The Morgan fingerprint density at radius 3 is 2.26 bits per heavy atom. The largest absolute Gasteiger partial charge is 0.412 e. The highest BCUT2D eigenvalue weighted by Crippen LogP contribution is 2.42. The van der Waals surface area contributed by atoms with Crippen molar-refractivity contribution in [1.82, 2.24) is 15.5 Å². The summed E-state index contributed by atoms with van der Waals surface area (Å²) in [6.07, 6.45) is 14.8. The highest BCUT2D eigenvalue weighted by atomic mass is 35.5. The zero-order chi connectivity index (χ0) is 23.8. The summed E-state index contributed by atoms with van der Waals surface area (Å²) in [6, 6.07) is 0.501. The summed E-state index contributed by atoms with van der Waals surface area (Å²) in [5.41, 5.74) is 1.91. The van der Waals surface area contributed by atoms with E-state index in [0.29, 0.717) is 35.1 Å². The lowest BCUT2D eigenvalue weighted by Gasteiger charge is -2.47. The minimum atomic E-state index is 0. The summed E-state index contributed by atoms with van der Waals surface area (Å²) in [4.78, 5) is 2.70. The molecule has 0 radical (unpaired) electrons. The molecule has 228 valence electrons. The van der Waals surface area contributed by atoms with Crippen molar-refractivity contribution in [3.8, 4) is 0 Å². The van der Waals surface area contributed by atoms with E-state index in [9.17, 15) is 0 Å². The Bertz CT molecular complexity index is 714. The van der Waals surface area contributed by atoms with Crippen molar-refractivity contribution in [2.75, 3.05) is 46.6 Å². The summed E-state index contributed by atoms with van der Waals surface area (Å²) < 4.78 is 5.44. The molecule has 1 heterocycles. The first-order valence-corrected chi connectivity index (χ1v) is 13.5. The molecule has 8 nitrogen and oxygen atoms in total. The zero-order valence-electron chi connectivity index (χ0n) is 23.7. The molecule has 1 aliphatic heterocycles. The van der Waals surface area contributed by atoms with E-state index in [4.69, 9.17) is 16.3 Å². The molecule has 1 fully saturated rings. The molecule has 3 unspecified atom stereocenters. The van der Waals surface area contributed by atoms with Gasteiger partial charge in [0, 0.05) is 44.5 Å². The number of rotatable bonds is 11. The fourth-order valence-electron chi connectivity index (χ4n) is 6.07. The van der Waals surface area contributed by atoms with Crippen LogP contribution in [-0.2, 0) is 4.74 Å². The van der Waals surface area contributed by atoms with Gasteiger partial charge in [-0.05, 0) is 80.4 Å². The second-order valence-electron chi connectivity index (χ2n) is 11.5. The summed E-state index contributed by atoms with van der Waals surface area (Å²) in [6.45, 7) is 15.9. The first-order chi connectivity index (χ1) is 15.8. The predicted molar refractivity (Wildman–Crippen MR) is 163 cm³/mol. The molecular weight excluding hydrogens is 506 g/mol. The number of nitrogens with one attached hydrogen (secondary N) is 2. The van der Waals surface area contributed by atoms with Crippen molar-refractivity contribution >= 4 is 11.6 Å². The molecule has 0 aromatic carbocycles. The Kier molecular flexibility index (Phi) is 22.1. The Morgan fingerprint density at radius 2 is 1.71 bits per heavy atom. The number of ether oxygens (including phenoxy) is 1. The van der Waals surface area contributed by atoms with Gasteiger partial charge in [0.25, 0.3) is 0 Å². The van der Waals surface area contributed by atoms with E-state index >= 15 is 0 Å². The van der Waals surface area contributed by atoms with Gasteiger partial charge in [-0.25, -0.2) is 0 Å². The molecule has 0 aromatic heterocycles. The fourth-order valence-corrected chi connectivity index (χ4v) is 6.23. The monoisotopic (exact) mass is 565 g/mol. The van der Waals surface area contributed by atoms with Crippen LogP contribution in [0.15, 0.2) is 34.9 Å². The quantitative estimate of drug-likeness (QED) is 0.224. The van der Waals surface area contributed by atoms with E-state index in [1.807, 2.05) is 7.11 Å². The zero-order valence-corrected chi connectivity index (χ0v) is 24.5. The van der Waals surface area contributed by atoms with Gasteiger partial charge in [-0.1, -0.05) is 70.5 Å². The van der Waals surface area contributed by atoms with Crippen LogP contribution in [0.5, 0.6) is 0 Å². The standard InChI is InChI=1S/C28H48ClN3O.CH4.4H2O/c1-21(2)27(31-20-30-16-23-8-6-7-9-24(23)18-33-5)17-32-15-14-26(28(3,4)19-32)22-10-12-25(29)13-11-22;;;;;/h6-7,10,12,21,23-24,26-27,30-31H,8-9,11,13-20H2,1-5H3;1H4;4*1H2/t23?,24?,26?,27-;;;;;/m0...../s1. The Morgan fingerprint density at radius 1 is 1.05 bits per heavy atom. The molecule has 2 aliphatic carbocycles. The van der Waals surface area contributed by atoms with E-state index in [0.717, 1.165) is 63.6 Å². The first kappa shape index (κ1) is 41.7. The molecule has 9 heteroatoms. The third kappa shape index (κ3) is 12.1. The molecule has 10 N–H and O–H groups in total. The SMILES string of the molecule is C.COCC1CC=CCC1CNCN[C@@H](CN1CCC(C2=CC=C(Cl)CC2)C(C)(C)C1)C(C)C.O.O.O.O. The maximum Gasteiger partial charge on any atom is 0.0496 e. The van der Waals surface area contributed by atoms with E-state index in [1.165, 1.54) is 13.0 Å². The van der Waals surface area contributed by atoms with Crippen molar-refractivity contribution in [3.05, 3.63) is 34.9 Å². The molecule has 4 atom stereocenters. The highest BCUT2D eigenvalue weighted by Gasteiger charge is 2.38. The lowest BCUT2D eigenvalue weighted by Crippen LogP contribution is -2.53. The predicted octanol–water partition coefficient (Wildman–Crippen LogP) is 2.90. The summed E-state index contributed by atoms with van der Waals surface area (Å²) >= 11 is 6.21. The van der Waals surface area contributed by atoms with Crippen molar-refractivity contribution < 1.29 is 26.6 Å². The van der Waals surface area contributed by atoms with Crippen LogP contribution >= 0.6 is 11.6 Å². The van der Waals surface area contributed by atoms with E-state index in [-0.39, 0.29) is 29.3 Å². The van der Waals surface area contributed by atoms with Crippen LogP contribution in [0.4, 0.5) is 0 Å². The van der Waals surface area contributed by atoms with Gasteiger partial charge < -0.3 is 42.2 Å². The average molecular weight is 566 g/mol. The van der Waals surface area contributed by atoms with Crippen LogP contribution in [-0.4, -0.2) is 79.4 Å². The van der Waals surface area contributed by atoms with Crippen molar-refractivity contribution in [3.63, 3.8) is 0 Å². The van der Waals surface area contributed by atoms with Gasteiger partial charge in [0.15, 0.2) is 0 Å². The van der Waals surface area contributed by atoms with Gasteiger partial charge in [0.2, 0.25) is 0 Å². The first-order valence-electron chi connectivity index (χ1n) is 13.2. The normalized spacial score (nSPS) is 25.3. The van der Waals surface area contributed by atoms with Gasteiger partial charge in [-0.3, -0.25) is 0 Å². The Balaban J connectivity index is -0.00000245. The van der Waals surface area contributed by atoms with Gasteiger partial charge >= 0.3 is 0 Å². The second-order valence-corrected chi connectivity index (χ2v) is 12.0. The van der Waals surface area contributed by atoms with Crippen LogP contribution in [0.3, 0.4) is 0 Å². The number of hydrogen-bond donors (Lipinski definition) is 2. The number of methoxy groups -OCH3 is 1. The van der Waals surface area contributed by atoms with Crippen molar-refractivity contribution in [2.45, 2.75) is 73.3 Å². The number of piperidine rings is 1. The molecule has 3 rings (SSSR count). The number of halogens is 1. The van der Waals surface area contributed by atoms with Crippen molar-refractivity contribution in [1.29, 1.82) is 0 Å². The minimum Gasteiger partial charge on any atom is -0.412 e. The van der Waals surface area contributed by atoms with Crippen LogP contribution in [0.25, 0.3) is 0 Å². The molecule has 38 heavy (non-hydrogen) atoms. The molecule has 1 saturated heterocycles. The Hall–Kier alpha value is -0.810. The summed E-state index contributed by atoms with van der Waals surface area (Å²) in [5, 5.41) is 8.52. The molecule has 0 spiro atoms. The van der Waals surface area contributed by atoms with Crippen LogP contribution in [0.1, 0.15) is 67.2 Å². The molecule has 0 bridgehead atoms. The molecule has 3 aliphatic rings. The number of likely N-dealkylation sites (tertiary alicyclic amines) is 1. The molecule has 0 aromatic rings. The summed E-state index contributed by atoms with van der Waals surface area (Å²) in [5.74, 6) is 2.60. The van der Waals surface area contributed by atoms with E-state index < -0.39 is 0 Å².